The third-order valence-corrected chi connectivity index (χ3v) is 5.41. The maximum atomic E-state index is 11.9. The number of β-lactam (4-membered cyclic amide) rings is 1. The van der Waals surface area contributed by atoms with E-state index in [1.165, 1.54) is 33.1 Å². The second-order valence-electron chi connectivity index (χ2n) is 4.70. The molecule has 4 N–H and O–H groups in total. The molecule has 3 aliphatic rings. The van der Waals surface area contributed by atoms with E-state index in [-0.39, 0.29) is 17.2 Å². The maximum Gasteiger partial charge on any atom is 0.512 e. The number of nitrogens with two attached hydrogens (primary N) is 1. The van der Waals surface area contributed by atoms with Crippen molar-refractivity contribution in [2.45, 2.75) is 11.4 Å². The Bertz CT molecular complexity index is 570. The van der Waals surface area contributed by atoms with Gasteiger partial charge < -0.3 is 15.6 Å². The number of hydrogen-bond donors (Lipinski definition) is 3. The number of rotatable bonds is 4. The van der Waals surface area contributed by atoms with E-state index in [0.29, 0.717) is 17.1 Å². The van der Waals surface area contributed by atoms with Gasteiger partial charge in [0.2, 0.25) is 11.8 Å². The second-order valence-corrected chi connectivity index (χ2v) is 6.70. The largest absolute Gasteiger partial charge is 0.512 e. The highest BCUT2D eigenvalue weighted by molar-refractivity contribution is 8.00. The van der Waals surface area contributed by atoms with Crippen LogP contribution in [0.15, 0.2) is 16.6 Å². The number of amides is 1. The van der Waals surface area contributed by atoms with Gasteiger partial charge in [-0.3, -0.25) is 14.7 Å². The molecule has 1 unspecified atom stereocenters. The summed E-state index contributed by atoms with van der Waals surface area (Å²) in [7, 11) is 1.80. The van der Waals surface area contributed by atoms with Gasteiger partial charge in [-0.2, -0.15) is 0 Å². The standard InChI is InChI=1S/C10H14N6O4S2/c1-14-4-12-16(13-14)22-3-5-2-21-9-6(11)7(17)15(9)8(5)20-10(18)19/h4,6,9,13H,2-3,11H2,1H3,(H,18,19)/t6?,9-/m0/s1. The van der Waals surface area contributed by atoms with Crippen LogP contribution in [0.3, 0.4) is 0 Å². The van der Waals surface area contributed by atoms with Crippen LogP contribution in [0.25, 0.3) is 0 Å². The molecule has 0 aromatic heterocycles. The quantitative estimate of drug-likeness (QED) is 0.345. The van der Waals surface area contributed by atoms with Crippen molar-refractivity contribution in [1.82, 2.24) is 20.0 Å². The van der Waals surface area contributed by atoms with Gasteiger partial charge in [0.1, 0.15) is 17.8 Å². The number of nitrogens with one attached hydrogen (secondary N) is 1. The zero-order valence-corrected chi connectivity index (χ0v) is 13.1. The first-order valence-electron chi connectivity index (χ1n) is 6.26. The van der Waals surface area contributed by atoms with Crippen LogP contribution in [0.4, 0.5) is 4.79 Å². The van der Waals surface area contributed by atoms with Crippen molar-refractivity contribution in [2.75, 3.05) is 18.6 Å². The summed E-state index contributed by atoms with van der Waals surface area (Å²) in [5.74, 6) is 0.727. The molecule has 120 valence electrons. The third kappa shape index (κ3) is 2.69. The number of hydrazine groups is 2. The van der Waals surface area contributed by atoms with Crippen LogP contribution in [-0.2, 0) is 9.53 Å². The lowest BCUT2D eigenvalue weighted by atomic mass is 10.1. The molecule has 3 rings (SSSR count). The summed E-state index contributed by atoms with van der Waals surface area (Å²) < 4.78 is 6.36. The minimum absolute atomic E-state index is 0.0759. The number of carbonyl (C=O) groups is 2. The van der Waals surface area contributed by atoms with E-state index in [1.54, 1.807) is 18.4 Å². The van der Waals surface area contributed by atoms with E-state index in [1.807, 2.05) is 0 Å². The molecular weight excluding hydrogens is 332 g/mol. The molecule has 1 saturated heterocycles. The lowest BCUT2D eigenvalue weighted by molar-refractivity contribution is -0.144. The lowest BCUT2D eigenvalue weighted by Gasteiger charge is -2.47. The first-order chi connectivity index (χ1) is 10.5. The zero-order valence-electron chi connectivity index (χ0n) is 11.5. The van der Waals surface area contributed by atoms with Crippen LogP contribution < -0.4 is 11.3 Å². The highest BCUT2D eigenvalue weighted by Gasteiger charge is 2.51. The zero-order chi connectivity index (χ0) is 15.9. The highest BCUT2D eigenvalue weighted by atomic mass is 32.2. The summed E-state index contributed by atoms with van der Waals surface area (Å²) in [6.45, 7) is 0. The number of ether oxygens (including phenoxy) is 1. The average Bonchev–Trinajstić information content (AvgIpc) is 2.89. The molecule has 0 aromatic rings. The van der Waals surface area contributed by atoms with E-state index in [9.17, 15) is 9.59 Å². The summed E-state index contributed by atoms with van der Waals surface area (Å²) in [6.07, 6.45) is 0.146. The number of hydrogen-bond acceptors (Lipinski definition) is 10. The first kappa shape index (κ1) is 15.3. The molecule has 0 radical (unpaired) electrons. The number of fused-ring (bicyclic) bond motifs is 1. The molecule has 0 bridgehead atoms. The first-order valence-corrected chi connectivity index (χ1v) is 8.26. The van der Waals surface area contributed by atoms with Crippen molar-refractivity contribution in [3.63, 3.8) is 0 Å². The van der Waals surface area contributed by atoms with Crippen molar-refractivity contribution >= 4 is 42.1 Å². The van der Waals surface area contributed by atoms with Gasteiger partial charge >= 0.3 is 6.16 Å². The third-order valence-electron chi connectivity index (χ3n) is 3.15. The molecule has 3 aliphatic heterocycles. The molecule has 2 atom stereocenters. The van der Waals surface area contributed by atoms with Crippen molar-refractivity contribution in [3.8, 4) is 0 Å². The van der Waals surface area contributed by atoms with Crippen molar-refractivity contribution in [1.29, 1.82) is 0 Å². The fourth-order valence-electron chi connectivity index (χ4n) is 2.12. The number of thioether (sulfide) groups is 1. The predicted molar refractivity (Wildman–Crippen MR) is 80.9 cm³/mol. The Kier molecular flexibility index (Phi) is 4.08. The summed E-state index contributed by atoms with van der Waals surface area (Å²) in [4.78, 5) is 24.1. The van der Waals surface area contributed by atoms with Gasteiger partial charge in [-0.05, 0) is 11.9 Å². The van der Waals surface area contributed by atoms with E-state index in [4.69, 9.17) is 15.6 Å². The molecule has 3 heterocycles. The van der Waals surface area contributed by atoms with Crippen molar-refractivity contribution < 1.29 is 19.4 Å². The smallest absolute Gasteiger partial charge is 0.449 e. The Balaban J connectivity index is 1.73. The fraction of sp³-hybridized carbons (Fsp3) is 0.500. The number of hydrazone groups is 1. The maximum absolute atomic E-state index is 11.9. The van der Waals surface area contributed by atoms with Crippen molar-refractivity contribution in [2.24, 2.45) is 10.8 Å². The van der Waals surface area contributed by atoms with Gasteiger partial charge in [0.25, 0.3) is 0 Å². The second kappa shape index (κ2) is 5.87. The highest BCUT2D eigenvalue weighted by Crippen LogP contribution is 2.40. The Morgan fingerprint density at radius 1 is 1.73 bits per heavy atom. The van der Waals surface area contributed by atoms with Crippen LogP contribution in [-0.4, -0.2) is 67.9 Å². The topological polar surface area (TPSA) is 124 Å². The average molecular weight is 346 g/mol. The number of nitrogens with zero attached hydrogens (tertiary/aromatic N) is 4. The van der Waals surface area contributed by atoms with E-state index in [2.05, 4.69) is 10.6 Å². The van der Waals surface area contributed by atoms with Gasteiger partial charge in [-0.1, -0.05) is 0 Å². The monoisotopic (exact) mass is 346 g/mol. The molecule has 0 saturated carbocycles. The molecule has 1 amide bonds. The van der Waals surface area contributed by atoms with Gasteiger partial charge in [-0.25, -0.2) is 4.79 Å². The Labute approximate surface area is 134 Å². The summed E-state index contributed by atoms with van der Waals surface area (Å²) in [5.41, 5.74) is 9.35. The lowest BCUT2D eigenvalue weighted by Crippen LogP contribution is -2.68. The van der Waals surface area contributed by atoms with Gasteiger partial charge in [0.15, 0.2) is 0 Å². The number of carboxylic acid groups (broad SMARTS) is 1. The minimum atomic E-state index is -1.45. The molecule has 12 heteroatoms. The van der Waals surface area contributed by atoms with Crippen LogP contribution in [0, 0.1) is 0 Å². The fourth-order valence-corrected chi connectivity index (χ4v) is 4.32. The molecule has 1 fully saturated rings. The molecule has 10 nitrogen and oxygen atoms in total. The Morgan fingerprint density at radius 3 is 3.14 bits per heavy atom. The van der Waals surface area contributed by atoms with Gasteiger partial charge in [-0.15, -0.1) is 26.9 Å². The summed E-state index contributed by atoms with van der Waals surface area (Å²) in [5, 5.41) is 14.4. The van der Waals surface area contributed by atoms with E-state index >= 15 is 0 Å². The van der Waals surface area contributed by atoms with Crippen molar-refractivity contribution in [3.05, 3.63) is 11.5 Å². The molecule has 22 heavy (non-hydrogen) atoms. The van der Waals surface area contributed by atoms with E-state index < -0.39 is 12.2 Å². The summed E-state index contributed by atoms with van der Waals surface area (Å²) >= 11 is 2.82. The number of carbonyl (C=O) groups excluding carboxylic acids is 1. The van der Waals surface area contributed by atoms with Gasteiger partial charge in [0, 0.05) is 24.1 Å². The van der Waals surface area contributed by atoms with Crippen LogP contribution >= 0.6 is 23.7 Å². The molecule has 0 spiro atoms. The molecular formula is C10H14N6O4S2. The van der Waals surface area contributed by atoms with Crippen LogP contribution in [0.5, 0.6) is 0 Å². The molecule has 0 aliphatic carbocycles. The Hall–Kier alpha value is -1.63. The van der Waals surface area contributed by atoms with Crippen LogP contribution in [0.2, 0.25) is 0 Å². The van der Waals surface area contributed by atoms with E-state index in [0.717, 1.165) is 0 Å². The van der Waals surface area contributed by atoms with Gasteiger partial charge in [0.05, 0.1) is 0 Å². The normalized spacial score (nSPS) is 27.2. The SMILES string of the molecule is CN1C=NN(SCC2=C(OC(=O)O)N3C(=O)C(N)[C@@H]3SC2)N1. The predicted octanol–water partition coefficient (Wildman–Crippen LogP) is -0.606. The molecule has 0 aromatic carbocycles. The van der Waals surface area contributed by atoms with Crippen LogP contribution in [0.1, 0.15) is 0 Å². The Morgan fingerprint density at radius 2 is 2.50 bits per heavy atom. The minimum Gasteiger partial charge on any atom is -0.449 e. The summed E-state index contributed by atoms with van der Waals surface area (Å²) in [6, 6.07) is -0.606.